The standard InChI is InChI=1S/C13H21ClO2/c1-4-5-6-7-9(14)8-10-11(12(15)16)13(10,2)3/h8,10-11H,4-7H2,1-3H3,(H,15,16)/b9-8-. The van der Waals surface area contributed by atoms with Crippen LogP contribution in [0.5, 0.6) is 0 Å². The molecule has 1 aliphatic carbocycles. The molecule has 92 valence electrons. The van der Waals surface area contributed by atoms with Crippen LogP contribution in [0.15, 0.2) is 11.1 Å². The van der Waals surface area contributed by atoms with Crippen LogP contribution in [-0.4, -0.2) is 11.1 Å². The minimum absolute atomic E-state index is 0.110. The van der Waals surface area contributed by atoms with Crippen LogP contribution in [0.1, 0.15) is 46.5 Å². The molecule has 0 radical (unpaired) electrons. The van der Waals surface area contributed by atoms with Gasteiger partial charge in [0.1, 0.15) is 0 Å². The molecule has 0 aromatic heterocycles. The Hall–Kier alpha value is -0.500. The zero-order valence-corrected chi connectivity index (χ0v) is 11.0. The normalized spacial score (nSPS) is 27.9. The van der Waals surface area contributed by atoms with Gasteiger partial charge >= 0.3 is 5.97 Å². The summed E-state index contributed by atoms with van der Waals surface area (Å²) in [6.07, 6.45) is 6.29. The van der Waals surface area contributed by atoms with Gasteiger partial charge in [0.15, 0.2) is 0 Å². The third kappa shape index (κ3) is 3.00. The molecule has 1 fully saturated rings. The first-order valence-corrected chi connectivity index (χ1v) is 6.38. The van der Waals surface area contributed by atoms with Gasteiger partial charge < -0.3 is 5.11 Å². The number of allylic oxidation sites excluding steroid dienone is 2. The van der Waals surface area contributed by atoms with E-state index in [0.29, 0.717) is 0 Å². The summed E-state index contributed by atoms with van der Waals surface area (Å²) in [5.41, 5.74) is -0.128. The SMILES string of the molecule is CCCCC/C(Cl)=C/C1C(C(=O)O)C1(C)C. The van der Waals surface area contributed by atoms with Crippen LogP contribution in [0, 0.1) is 17.3 Å². The van der Waals surface area contributed by atoms with E-state index in [1.807, 2.05) is 19.9 Å². The van der Waals surface area contributed by atoms with Crippen LogP contribution in [0.25, 0.3) is 0 Å². The van der Waals surface area contributed by atoms with Crippen molar-refractivity contribution in [3.63, 3.8) is 0 Å². The Morgan fingerprint density at radius 2 is 2.06 bits per heavy atom. The number of halogens is 1. The van der Waals surface area contributed by atoms with Crippen LogP contribution in [0.3, 0.4) is 0 Å². The van der Waals surface area contributed by atoms with E-state index >= 15 is 0 Å². The lowest BCUT2D eigenvalue weighted by atomic mass is 10.1. The zero-order valence-electron chi connectivity index (χ0n) is 10.3. The number of carboxylic acid groups (broad SMARTS) is 1. The predicted octanol–water partition coefficient (Wildman–Crippen LogP) is 4.05. The fraction of sp³-hybridized carbons (Fsp3) is 0.769. The molecule has 0 spiro atoms. The molecule has 0 aromatic carbocycles. The van der Waals surface area contributed by atoms with E-state index in [1.165, 1.54) is 12.8 Å². The van der Waals surface area contributed by atoms with Crippen molar-refractivity contribution in [3.8, 4) is 0 Å². The topological polar surface area (TPSA) is 37.3 Å². The van der Waals surface area contributed by atoms with Gasteiger partial charge in [0.2, 0.25) is 0 Å². The summed E-state index contributed by atoms with van der Waals surface area (Å²) in [5.74, 6) is -0.851. The Kier molecular flexibility index (Phi) is 4.43. The highest BCUT2D eigenvalue weighted by atomic mass is 35.5. The lowest BCUT2D eigenvalue weighted by molar-refractivity contribution is -0.139. The molecule has 0 heterocycles. The van der Waals surface area contributed by atoms with Gasteiger partial charge in [-0.2, -0.15) is 0 Å². The molecule has 16 heavy (non-hydrogen) atoms. The Morgan fingerprint density at radius 3 is 2.50 bits per heavy atom. The van der Waals surface area contributed by atoms with Gasteiger partial charge in [-0.05, 0) is 24.2 Å². The smallest absolute Gasteiger partial charge is 0.307 e. The summed E-state index contributed by atoms with van der Waals surface area (Å²) >= 11 is 6.12. The minimum atomic E-state index is -0.704. The summed E-state index contributed by atoms with van der Waals surface area (Å²) < 4.78 is 0. The molecule has 1 saturated carbocycles. The zero-order chi connectivity index (χ0) is 12.3. The van der Waals surface area contributed by atoms with Crippen LogP contribution >= 0.6 is 11.6 Å². The Morgan fingerprint density at radius 1 is 1.44 bits per heavy atom. The molecule has 3 heteroatoms. The number of hydrogen-bond donors (Lipinski definition) is 1. The van der Waals surface area contributed by atoms with E-state index < -0.39 is 5.97 Å². The average Bonchev–Trinajstić information content (AvgIpc) is 2.68. The van der Waals surface area contributed by atoms with Crippen molar-refractivity contribution >= 4 is 17.6 Å². The van der Waals surface area contributed by atoms with Crippen molar-refractivity contribution in [2.45, 2.75) is 46.5 Å². The summed E-state index contributed by atoms with van der Waals surface area (Å²) in [6.45, 7) is 6.13. The van der Waals surface area contributed by atoms with Crippen LogP contribution in [-0.2, 0) is 4.79 Å². The number of hydrogen-bond acceptors (Lipinski definition) is 1. The third-order valence-corrected chi connectivity index (χ3v) is 3.87. The molecule has 0 aliphatic heterocycles. The maximum atomic E-state index is 11.0. The monoisotopic (exact) mass is 244 g/mol. The van der Waals surface area contributed by atoms with Gasteiger partial charge in [0, 0.05) is 5.03 Å². The molecular weight excluding hydrogens is 224 g/mol. The first-order chi connectivity index (χ1) is 7.41. The van der Waals surface area contributed by atoms with E-state index in [0.717, 1.165) is 17.9 Å². The lowest BCUT2D eigenvalue weighted by Gasteiger charge is -2.00. The highest BCUT2D eigenvalue weighted by Gasteiger charge is 2.60. The van der Waals surface area contributed by atoms with Crippen molar-refractivity contribution in [1.82, 2.24) is 0 Å². The van der Waals surface area contributed by atoms with Crippen LogP contribution in [0.2, 0.25) is 0 Å². The van der Waals surface area contributed by atoms with E-state index in [2.05, 4.69) is 6.92 Å². The maximum absolute atomic E-state index is 11.0. The molecule has 1 aliphatic rings. The fourth-order valence-electron chi connectivity index (χ4n) is 2.28. The second-order valence-electron chi connectivity index (χ2n) is 5.23. The Bertz CT molecular complexity index is 294. The van der Waals surface area contributed by atoms with Crippen molar-refractivity contribution in [2.24, 2.45) is 17.3 Å². The predicted molar refractivity (Wildman–Crippen MR) is 66.5 cm³/mol. The summed E-state index contributed by atoms with van der Waals surface area (Å²) in [4.78, 5) is 11.0. The number of rotatable bonds is 6. The van der Waals surface area contributed by atoms with Gasteiger partial charge in [-0.15, -0.1) is 0 Å². The number of unbranched alkanes of at least 4 members (excludes halogenated alkanes) is 2. The van der Waals surface area contributed by atoms with Crippen molar-refractivity contribution in [1.29, 1.82) is 0 Å². The summed E-state index contributed by atoms with van der Waals surface area (Å²) in [5, 5.41) is 9.84. The van der Waals surface area contributed by atoms with Crippen molar-refractivity contribution < 1.29 is 9.90 Å². The van der Waals surface area contributed by atoms with E-state index in [1.54, 1.807) is 0 Å². The average molecular weight is 245 g/mol. The molecule has 0 aromatic rings. The Labute approximate surface area is 103 Å². The second-order valence-corrected chi connectivity index (χ2v) is 5.72. The van der Waals surface area contributed by atoms with E-state index in [-0.39, 0.29) is 17.3 Å². The Balaban J connectivity index is 2.48. The largest absolute Gasteiger partial charge is 0.481 e. The molecule has 0 amide bonds. The second kappa shape index (κ2) is 5.22. The molecule has 1 N–H and O–H groups in total. The van der Waals surface area contributed by atoms with Gasteiger partial charge in [0.05, 0.1) is 5.92 Å². The van der Waals surface area contributed by atoms with Crippen molar-refractivity contribution in [2.75, 3.05) is 0 Å². The molecule has 0 bridgehead atoms. The first-order valence-electron chi connectivity index (χ1n) is 6.00. The molecule has 2 atom stereocenters. The molecule has 0 saturated heterocycles. The number of aliphatic carboxylic acids is 1. The highest BCUT2D eigenvalue weighted by Crippen LogP contribution is 2.59. The fourth-order valence-corrected chi connectivity index (χ4v) is 2.55. The van der Waals surface area contributed by atoms with E-state index in [9.17, 15) is 4.79 Å². The minimum Gasteiger partial charge on any atom is -0.481 e. The van der Waals surface area contributed by atoms with Crippen LogP contribution in [0.4, 0.5) is 0 Å². The van der Waals surface area contributed by atoms with Gasteiger partial charge in [0.25, 0.3) is 0 Å². The lowest BCUT2D eigenvalue weighted by Crippen LogP contribution is -2.03. The van der Waals surface area contributed by atoms with Gasteiger partial charge in [-0.1, -0.05) is 51.3 Å². The summed E-state index contributed by atoms with van der Waals surface area (Å²) in [6, 6.07) is 0. The molecule has 2 nitrogen and oxygen atoms in total. The third-order valence-electron chi connectivity index (χ3n) is 3.56. The quantitative estimate of drug-likeness (QED) is 0.716. The van der Waals surface area contributed by atoms with Gasteiger partial charge in [-0.25, -0.2) is 0 Å². The van der Waals surface area contributed by atoms with Crippen molar-refractivity contribution in [3.05, 3.63) is 11.1 Å². The molecule has 1 rings (SSSR count). The highest BCUT2D eigenvalue weighted by molar-refractivity contribution is 6.29. The maximum Gasteiger partial charge on any atom is 0.307 e. The van der Waals surface area contributed by atoms with Crippen LogP contribution < -0.4 is 0 Å². The van der Waals surface area contributed by atoms with E-state index in [4.69, 9.17) is 16.7 Å². The molecule has 2 unspecified atom stereocenters. The summed E-state index contributed by atoms with van der Waals surface area (Å²) in [7, 11) is 0. The molecular formula is C13H21ClO2. The number of carboxylic acids is 1. The first kappa shape index (κ1) is 13.6. The number of carbonyl (C=O) groups is 1. The van der Waals surface area contributed by atoms with Gasteiger partial charge in [-0.3, -0.25) is 4.79 Å².